The van der Waals surface area contributed by atoms with Crippen LogP contribution in [0.3, 0.4) is 0 Å². The van der Waals surface area contributed by atoms with Gasteiger partial charge >= 0.3 is 0 Å². The Morgan fingerprint density at radius 1 is 1.16 bits per heavy atom. The Balaban J connectivity index is 1.99. The maximum absolute atomic E-state index is 14.6. The van der Waals surface area contributed by atoms with Gasteiger partial charge in [-0.25, -0.2) is 0 Å². The molecule has 1 N–H and O–H groups in total. The molecule has 0 aliphatic carbocycles. The summed E-state index contributed by atoms with van der Waals surface area (Å²) in [5.74, 6) is 0. The Labute approximate surface area is 155 Å². The van der Waals surface area contributed by atoms with E-state index in [1.165, 1.54) is 0 Å². The predicted octanol–water partition coefficient (Wildman–Crippen LogP) is 5.89. The van der Waals surface area contributed by atoms with Crippen LogP contribution >= 0.6 is 22.9 Å². The Hall–Kier alpha value is -1.75. The summed E-state index contributed by atoms with van der Waals surface area (Å²) in [4.78, 5) is 5.06. The molecule has 0 fully saturated rings. The first-order valence-corrected chi connectivity index (χ1v) is 9.16. The molecule has 3 rings (SSSR count). The fourth-order valence-electron chi connectivity index (χ4n) is 2.70. The van der Waals surface area contributed by atoms with E-state index < -0.39 is 5.60 Å². The van der Waals surface area contributed by atoms with Crippen LogP contribution in [0.2, 0.25) is 5.02 Å². The predicted molar refractivity (Wildman–Crippen MR) is 103 cm³/mol. The van der Waals surface area contributed by atoms with E-state index in [2.05, 4.69) is 4.98 Å². The maximum Gasteiger partial charge on any atom is 0.184 e. The summed E-state index contributed by atoms with van der Waals surface area (Å²) in [6.07, 6.45) is 2.05. The van der Waals surface area contributed by atoms with E-state index in [0.717, 1.165) is 38.6 Å². The highest BCUT2D eigenvalue weighted by Gasteiger charge is 2.17. The summed E-state index contributed by atoms with van der Waals surface area (Å²) < 4.78 is 14.6. The average molecular weight is 376 g/mol. The van der Waals surface area contributed by atoms with Gasteiger partial charge in [0.15, 0.2) is 5.13 Å². The molecule has 25 heavy (non-hydrogen) atoms. The molecular weight excluding hydrogens is 357 g/mol. The van der Waals surface area contributed by atoms with Crippen LogP contribution in [-0.4, -0.2) is 15.7 Å². The van der Waals surface area contributed by atoms with E-state index in [9.17, 15) is 9.50 Å². The average Bonchev–Trinajstić information content (AvgIpc) is 2.87. The van der Waals surface area contributed by atoms with Crippen LogP contribution < -0.4 is 0 Å². The lowest BCUT2D eigenvalue weighted by Gasteiger charge is -2.16. The van der Waals surface area contributed by atoms with Gasteiger partial charge in [-0.3, -0.25) is 4.98 Å². The SMILES string of the molecule is Cc1ccc(-c2cc(-c3ccnc(CC(C)(C)O)c3)c(F)s2)c(Cl)c1. The van der Waals surface area contributed by atoms with Gasteiger partial charge in [0.25, 0.3) is 0 Å². The molecule has 0 saturated heterocycles. The molecule has 0 aliphatic rings. The zero-order valence-corrected chi connectivity index (χ0v) is 15.9. The van der Waals surface area contributed by atoms with E-state index in [1.807, 2.05) is 37.3 Å². The molecule has 0 radical (unpaired) electrons. The number of aliphatic hydroxyl groups is 1. The molecule has 2 nitrogen and oxygen atoms in total. The number of hydrogen-bond donors (Lipinski definition) is 1. The molecule has 3 aromatic rings. The number of thiophene rings is 1. The molecule has 0 aliphatic heterocycles. The summed E-state index contributed by atoms with van der Waals surface area (Å²) in [6.45, 7) is 5.42. The maximum atomic E-state index is 14.6. The highest BCUT2D eigenvalue weighted by atomic mass is 35.5. The number of nitrogens with zero attached hydrogens (tertiary/aromatic N) is 1. The zero-order chi connectivity index (χ0) is 18.2. The number of hydrogen-bond acceptors (Lipinski definition) is 3. The molecule has 2 aromatic heterocycles. The van der Waals surface area contributed by atoms with Crippen LogP contribution in [0.1, 0.15) is 25.1 Å². The summed E-state index contributed by atoms with van der Waals surface area (Å²) >= 11 is 7.40. The van der Waals surface area contributed by atoms with Gasteiger partial charge in [-0.2, -0.15) is 4.39 Å². The normalized spacial score (nSPS) is 11.8. The number of benzene rings is 1. The molecule has 1 aromatic carbocycles. The quantitative estimate of drug-likeness (QED) is 0.616. The number of rotatable bonds is 4. The lowest BCUT2D eigenvalue weighted by Crippen LogP contribution is -2.22. The van der Waals surface area contributed by atoms with Crippen molar-refractivity contribution in [1.82, 2.24) is 4.98 Å². The van der Waals surface area contributed by atoms with E-state index in [0.29, 0.717) is 17.0 Å². The monoisotopic (exact) mass is 375 g/mol. The number of halogens is 2. The van der Waals surface area contributed by atoms with Crippen molar-refractivity contribution in [2.45, 2.75) is 32.8 Å². The smallest absolute Gasteiger partial charge is 0.184 e. The molecule has 0 unspecified atom stereocenters. The molecule has 2 heterocycles. The minimum Gasteiger partial charge on any atom is -0.390 e. The first-order valence-electron chi connectivity index (χ1n) is 7.96. The van der Waals surface area contributed by atoms with Crippen molar-refractivity contribution < 1.29 is 9.50 Å². The number of aromatic nitrogens is 1. The van der Waals surface area contributed by atoms with Gasteiger partial charge in [0, 0.05) is 39.3 Å². The zero-order valence-electron chi connectivity index (χ0n) is 14.3. The molecule has 5 heteroatoms. The number of pyridine rings is 1. The molecule has 0 saturated carbocycles. The van der Waals surface area contributed by atoms with Gasteiger partial charge in [-0.15, -0.1) is 11.3 Å². The Morgan fingerprint density at radius 3 is 2.60 bits per heavy atom. The Kier molecular flexibility index (Phi) is 4.96. The van der Waals surface area contributed by atoms with Crippen LogP contribution in [0.4, 0.5) is 4.39 Å². The molecule has 0 atom stereocenters. The highest BCUT2D eigenvalue weighted by Crippen LogP contribution is 2.39. The minimum atomic E-state index is -0.862. The minimum absolute atomic E-state index is 0.257. The second kappa shape index (κ2) is 6.87. The lowest BCUT2D eigenvalue weighted by atomic mass is 10.00. The highest BCUT2D eigenvalue weighted by molar-refractivity contribution is 7.14. The van der Waals surface area contributed by atoms with Gasteiger partial charge in [-0.05, 0) is 56.2 Å². The van der Waals surface area contributed by atoms with E-state index in [1.54, 1.807) is 26.1 Å². The number of aryl methyl sites for hydroxylation is 1. The van der Waals surface area contributed by atoms with Crippen molar-refractivity contribution in [3.05, 3.63) is 64.0 Å². The van der Waals surface area contributed by atoms with E-state index in [4.69, 9.17) is 11.6 Å². The van der Waals surface area contributed by atoms with Crippen molar-refractivity contribution in [2.75, 3.05) is 0 Å². The first-order chi connectivity index (χ1) is 11.7. The second-order valence-electron chi connectivity index (χ2n) is 6.81. The third kappa shape index (κ3) is 4.27. The molecule has 0 bridgehead atoms. The summed E-state index contributed by atoms with van der Waals surface area (Å²) in [5, 5.41) is 10.3. The van der Waals surface area contributed by atoms with E-state index in [-0.39, 0.29) is 5.13 Å². The topological polar surface area (TPSA) is 33.1 Å². The Morgan fingerprint density at radius 2 is 1.92 bits per heavy atom. The van der Waals surface area contributed by atoms with Crippen LogP contribution in [0.5, 0.6) is 0 Å². The van der Waals surface area contributed by atoms with Crippen LogP contribution in [0.25, 0.3) is 21.6 Å². The van der Waals surface area contributed by atoms with Gasteiger partial charge in [0.2, 0.25) is 0 Å². The largest absolute Gasteiger partial charge is 0.390 e. The summed E-state index contributed by atoms with van der Waals surface area (Å²) in [7, 11) is 0. The summed E-state index contributed by atoms with van der Waals surface area (Å²) in [5.41, 5.74) is 3.03. The lowest BCUT2D eigenvalue weighted by molar-refractivity contribution is 0.0800. The first kappa shape index (κ1) is 18.1. The van der Waals surface area contributed by atoms with Crippen molar-refractivity contribution >= 4 is 22.9 Å². The fraction of sp³-hybridized carbons (Fsp3) is 0.250. The summed E-state index contributed by atoms with van der Waals surface area (Å²) in [6, 6.07) is 11.2. The van der Waals surface area contributed by atoms with Crippen molar-refractivity contribution in [3.8, 4) is 21.6 Å². The molecule has 0 spiro atoms. The third-order valence-electron chi connectivity index (χ3n) is 3.82. The second-order valence-corrected chi connectivity index (χ2v) is 8.22. The van der Waals surface area contributed by atoms with Crippen LogP contribution in [-0.2, 0) is 6.42 Å². The Bertz CT molecular complexity index is 914. The molecule has 130 valence electrons. The fourth-order valence-corrected chi connectivity index (χ4v) is 4.04. The van der Waals surface area contributed by atoms with Crippen molar-refractivity contribution in [2.24, 2.45) is 0 Å². The van der Waals surface area contributed by atoms with Gasteiger partial charge < -0.3 is 5.11 Å². The van der Waals surface area contributed by atoms with Gasteiger partial charge in [0.05, 0.1) is 5.60 Å². The van der Waals surface area contributed by atoms with E-state index >= 15 is 0 Å². The van der Waals surface area contributed by atoms with Crippen LogP contribution in [0.15, 0.2) is 42.6 Å². The molecule has 0 amide bonds. The standard InChI is InChI=1S/C20H19ClFNOS/c1-12-4-5-15(17(21)8-12)18-10-16(19(22)25-18)13-6-7-23-14(9-13)11-20(2,3)24/h4-10,24H,11H2,1-3H3. The van der Waals surface area contributed by atoms with Gasteiger partial charge in [0.1, 0.15) is 0 Å². The van der Waals surface area contributed by atoms with Crippen LogP contribution in [0, 0.1) is 12.1 Å². The van der Waals surface area contributed by atoms with Crippen molar-refractivity contribution in [3.63, 3.8) is 0 Å². The van der Waals surface area contributed by atoms with Gasteiger partial charge in [-0.1, -0.05) is 23.7 Å². The van der Waals surface area contributed by atoms with Crippen molar-refractivity contribution in [1.29, 1.82) is 0 Å². The third-order valence-corrected chi connectivity index (χ3v) is 5.09. The molecular formula is C20H19ClFNOS.